The van der Waals surface area contributed by atoms with E-state index in [1.54, 1.807) is 22.5 Å². The van der Waals surface area contributed by atoms with Crippen molar-refractivity contribution >= 4 is 43.9 Å². The largest absolute Gasteiger partial charge is 0.390 e. The summed E-state index contributed by atoms with van der Waals surface area (Å²) in [7, 11) is 3.80. The Labute approximate surface area is 289 Å². The first-order valence-corrected chi connectivity index (χ1v) is 17.0. The highest BCUT2D eigenvalue weighted by Gasteiger charge is 2.19. The molecule has 2 unspecified atom stereocenters. The zero-order chi connectivity index (χ0) is 34.4. The summed E-state index contributed by atoms with van der Waals surface area (Å²) in [5, 5.41) is 24.7. The zero-order valence-corrected chi connectivity index (χ0v) is 28.2. The topological polar surface area (TPSA) is 93.4 Å². The zero-order valence-electron chi connectivity index (χ0n) is 28.2. The van der Waals surface area contributed by atoms with Crippen LogP contribution in [0.3, 0.4) is 0 Å². The Kier molecular flexibility index (Phi) is 8.32. The second kappa shape index (κ2) is 13.1. The van der Waals surface area contributed by atoms with E-state index in [0.717, 1.165) is 60.6 Å². The first-order valence-electron chi connectivity index (χ1n) is 17.0. The molecule has 2 atom stereocenters. The maximum atomic E-state index is 13.6. The number of hydrogen-bond acceptors (Lipinski definition) is 5. The van der Waals surface area contributed by atoms with Crippen LogP contribution < -0.4 is 5.69 Å². The predicted octanol–water partition coefficient (Wildman–Crippen LogP) is 6.02. The molecular formula is C41H40N6O3. The highest BCUT2D eigenvalue weighted by Crippen LogP contribution is 2.30. The van der Waals surface area contributed by atoms with Crippen LogP contribution in [0.1, 0.15) is 5.56 Å². The fraction of sp³-hybridized carbons (Fsp3) is 0.220. The molecule has 9 nitrogen and oxygen atoms in total. The minimum Gasteiger partial charge on any atom is -0.390 e. The molecule has 0 saturated heterocycles. The van der Waals surface area contributed by atoms with E-state index in [2.05, 4.69) is 63.0 Å². The molecule has 50 heavy (non-hydrogen) atoms. The first kappa shape index (κ1) is 31.8. The minimum atomic E-state index is -0.781. The number of benzene rings is 5. The standard InChI is InChI=1S/C41H40N6O3/c1-43(23-30(48)24-45-27-42-35-15-7-10-18-38(35)45)22-29-11-3-4-12-32(29)28-19-20-39-40(21-28)44(2)41(50)47(39)26-31(49)25-46-36-16-8-5-13-33(36)34-14-6-9-17-37(34)46/h3-21,27,30-31,48-49H,22-26H2,1-2H3. The van der Waals surface area contributed by atoms with Gasteiger partial charge in [0.15, 0.2) is 0 Å². The van der Waals surface area contributed by atoms with Crippen molar-refractivity contribution in [3.63, 3.8) is 0 Å². The molecule has 0 bridgehead atoms. The number of aromatic nitrogens is 5. The quantitative estimate of drug-likeness (QED) is 0.177. The second-order valence-corrected chi connectivity index (χ2v) is 13.3. The molecule has 3 aromatic heterocycles. The molecule has 0 radical (unpaired) electrons. The molecule has 2 N–H and O–H groups in total. The van der Waals surface area contributed by atoms with Crippen LogP contribution in [0.2, 0.25) is 0 Å². The number of para-hydroxylation sites is 4. The molecular weight excluding hydrogens is 624 g/mol. The highest BCUT2D eigenvalue weighted by molar-refractivity contribution is 6.08. The Morgan fingerprint density at radius 1 is 0.680 bits per heavy atom. The van der Waals surface area contributed by atoms with Gasteiger partial charge in [-0.25, -0.2) is 9.78 Å². The lowest BCUT2D eigenvalue weighted by Crippen LogP contribution is -2.31. The lowest BCUT2D eigenvalue weighted by molar-refractivity contribution is 0.108. The molecule has 0 aliphatic rings. The number of imidazole rings is 2. The first-order chi connectivity index (χ1) is 24.4. The van der Waals surface area contributed by atoms with E-state index in [1.165, 1.54) is 0 Å². The van der Waals surface area contributed by atoms with Gasteiger partial charge in [0.2, 0.25) is 0 Å². The summed E-state index contributed by atoms with van der Waals surface area (Å²) in [6, 6.07) is 38.8. The summed E-state index contributed by atoms with van der Waals surface area (Å²) >= 11 is 0. The molecule has 0 saturated carbocycles. The number of aryl methyl sites for hydroxylation is 1. The third-order valence-electron chi connectivity index (χ3n) is 9.84. The molecule has 0 aliphatic heterocycles. The van der Waals surface area contributed by atoms with E-state index in [9.17, 15) is 15.0 Å². The smallest absolute Gasteiger partial charge is 0.328 e. The molecule has 252 valence electrons. The molecule has 5 aromatic carbocycles. The Bertz CT molecular complexity index is 2490. The highest BCUT2D eigenvalue weighted by atomic mass is 16.3. The summed E-state index contributed by atoms with van der Waals surface area (Å²) in [4.78, 5) is 20.2. The third kappa shape index (κ3) is 5.79. The number of likely N-dealkylation sites (N-methyl/N-ethyl adjacent to an activating group) is 1. The summed E-state index contributed by atoms with van der Waals surface area (Å²) in [5.74, 6) is 0. The van der Waals surface area contributed by atoms with E-state index >= 15 is 0 Å². The van der Waals surface area contributed by atoms with Gasteiger partial charge in [-0.3, -0.25) is 14.0 Å². The van der Waals surface area contributed by atoms with Gasteiger partial charge in [0.05, 0.1) is 60.2 Å². The van der Waals surface area contributed by atoms with E-state index in [1.807, 2.05) is 78.3 Å². The fourth-order valence-electron chi connectivity index (χ4n) is 7.53. The van der Waals surface area contributed by atoms with Crippen LogP contribution in [0.5, 0.6) is 0 Å². The van der Waals surface area contributed by atoms with Crippen LogP contribution in [0, 0.1) is 0 Å². The monoisotopic (exact) mass is 664 g/mol. The van der Waals surface area contributed by atoms with Crippen LogP contribution in [0.25, 0.3) is 55.0 Å². The Balaban J connectivity index is 1.01. The van der Waals surface area contributed by atoms with Crippen LogP contribution in [-0.2, 0) is 33.2 Å². The summed E-state index contributed by atoms with van der Waals surface area (Å²) < 4.78 is 7.49. The molecule has 0 amide bonds. The normalized spacial score (nSPS) is 13.3. The summed E-state index contributed by atoms with van der Waals surface area (Å²) in [6.07, 6.45) is 0.434. The predicted molar refractivity (Wildman–Crippen MR) is 200 cm³/mol. The van der Waals surface area contributed by atoms with E-state index < -0.39 is 12.2 Å². The van der Waals surface area contributed by atoms with Crippen molar-refractivity contribution in [1.29, 1.82) is 0 Å². The van der Waals surface area contributed by atoms with Crippen molar-refractivity contribution in [1.82, 2.24) is 28.2 Å². The Morgan fingerprint density at radius 2 is 1.32 bits per heavy atom. The molecule has 0 fully saturated rings. The van der Waals surface area contributed by atoms with Crippen LogP contribution in [0.4, 0.5) is 0 Å². The average Bonchev–Trinajstić information content (AvgIpc) is 3.75. The number of fused-ring (bicyclic) bond motifs is 5. The van der Waals surface area contributed by atoms with Gasteiger partial charge in [0.25, 0.3) is 0 Å². The van der Waals surface area contributed by atoms with Crippen molar-refractivity contribution in [2.45, 2.75) is 38.4 Å². The maximum Gasteiger partial charge on any atom is 0.328 e. The van der Waals surface area contributed by atoms with Gasteiger partial charge < -0.3 is 19.3 Å². The lowest BCUT2D eigenvalue weighted by atomic mass is 9.98. The molecule has 0 spiro atoms. The van der Waals surface area contributed by atoms with E-state index in [0.29, 0.717) is 26.2 Å². The molecule has 8 rings (SSSR count). The van der Waals surface area contributed by atoms with Crippen molar-refractivity contribution in [2.24, 2.45) is 7.05 Å². The van der Waals surface area contributed by atoms with Crippen LogP contribution in [0.15, 0.2) is 126 Å². The van der Waals surface area contributed by atoms with Gasteiger partial charge >= 0.3 is 5.69 Å². The third-order valence-corrected chi connectivity index (χ3v) is 9.84. The SMILES string of the molecule is CN(Cc1ccccc1-c1ccc2c(c1)n(C)c(=O)n2CC(O)Cn1c2ccccc2c2ccccc21)CC(O)Cn1cnc2ccccc21. The number of aliphatic hydroxyl groups excluding tert-OH is 2. The van der Waals surface area contributed by atoms with Crippen molar-refractivity contribution in [3.05, 3.63) is 138 Å². The maximum absolute atomic E-state index is 13.6. The average molecular weight is 665 g/mol. The Hall–Kier alpha value is -5.48. The molecule has 0 aliphatic carbocycles. The number of nitrogens with zero attached hydrogens (tertiary/aromatic N) is 6. The summed E-state index contributed by atoms with van der Waals surface area (Å²) in [6.45, 7) is 2.14. The molecule has 3 heterocycles. The second-order valence-electron chi connectivity index (χ2n) is 13.3. The van der Waals surface area contributed by atoms with Gasteiger partial charge in [0.1, 0.15) is 0 Å². The van der Waals surface area contributed by atoms with Crippen LogP contribution >= 0.6 is 0 Å². The number of rotatable bonds is 11. The summed E-state index contributed by atoms with van der Waals surface area (Å²) in [5.41, 5.74) is 8.69. The lowest BCUT2D eigenvalue weighted by Gasteiger charge is -2.22. The van der Waals surface area contributed by atoms with Crippen LogP contribution in [-0.4, -0.2) is 64.2 Å². The van der Waals surface area contributed by atoms with Gasteiger partial charge in [-0.1, -0.05) is 78.9 Å². The molecule has 8 aromatic rings. The van der Waals surface area contributed by atoms with E-state index in [-0.39, 0.29) is 12.2 Å². The van der Waals surface area contributed by atoms with Gasteiger partial charge in [-0.15, -0.1) is 0 Å². The van der Waals surface area contributed by atoms with Crippen molar-refractivity contribution < 1.29 is 10.2 Å². The van der Waals surface area contributed by atoms with Gasteiger partial charge in [-0.2, -0.15) is 0 Å². The van der Waals surface area contributed by atoms with Crippen molar-refractivity contribution in [3.8, 4) is 11.1 Å². The Morgan fingerprint density at radius 3 is 2.08 bits per heavy atom. The fourth-order valence-corrected chi connectivity index (χ4v) is 7.53. The number of aliphatic hydroxyl groups is 2. The molecule has 9 heteroatoms. The van der Waals surface area contributed by atoms with E-state index in [4.69, 9.17) is 0 Å². The van der Waals surface area contributed by atoms with Gasteiger partial charge in [-0.05, 0) is 60.1 Å². The van der Waals surface area contributed by atoms with Crippen molar-refractivity contribution in [2.75, 3.05) is 13.6 Å². The number of hydrogen-bond donors (Lipinski definition) is 2. The van der Waals surface area contributed by atoms with Gasteiger partial charge in [0, 0.05) is 41.9 Å². The minimum absolute atomic E-state index is 0.161.